The van der Waals surface area contributed by atoms with E-state index in [1.165, 1.54) is 12.2 Å². The predicted molar refractivity (Wildman–Crippen MR) is 64.2 cm³/mol. The second kappa shape index (κ2) is 6.31. The van der Waals surface area contributed by atoms with Gasteiger partial charge < -0.3 is 5.73 Å². The first kappa shape index (κ1) is 13.8. The van der Waals surface area contributed by atoms with E-state index in [4.69, 9.17) is 11.0 Å². The quantitative estimate of drug-likeness (QED) is 0.739. The van der Waals surface area contributed by atoms with E-state index in [0.717, 1.165) is 12.3 Å². The van der Waals surface area contributed by atoms with E-state index in [2.05, 4.69) is 26.8 Å². The molecule has 0 aromatic carbocycles. The zero-order valence-electron chi connectivity index (χ0n) is 9.71. The third-order valence-electron chi connectivity index (χ3n) is 2.33. The van der Waals surface area contributed by atoms with Crippen LogP contribution in [0.2, 0.25) is 0 Å². The van der Waals surface area contributed by atoms with Gasteiger partial charge in [-0.3, -0.25) is 0 Å². The van der Waals surface area contributed by atoms with Gasteiger partial charge in [0.05, 0.1) is 6.07 Å². The second-order valence-electron chi connectivity index (χ2n) is 4.39. The average molecular weight is 214 g/mol. The first-order chi connectivity index (χ1) is 6.41. The molecule has 0 spiro atoms. The Morgan fingerprint density at radius 2 is 2.07 bits per heavy atom. The van der Waals surface area contributed by atoms with Crippen molar-refractivity contribution < 1.29 is 0 Å². The second-order valence-corrected chi connectivity index (χ2v) is 5.86. The molecule has 2 nitrogen and oxygen atoms in total. The molecule has 0 rings (SSSR count). The van der Waals surface area contributed by atoms with Crippen LogP contribution in [0.15, 0.2) is 0 Å². The van der Waals surface area contributed by atoms with E-state index in [9.17, 15) is 0 Å². The molecule has 0 saturated heterocycles. The van der Waals surface area contributed by atoms with Crippen molar-refractivity contribution in [3.05, 3.63) is 0 Å². The SMILES string of the molecule is CCC(C)CSC(C)CC(C)(N)C#N. The van der Waals surface area contributed by atoms with Gasteiger partial charge >= 0.3 is 0 Å². The van der Waals surface area contributed by atoms with Gasteiger partial charge in [-0.15, -0.1) is 0 Å². The molecular weight excluding hydrogens is 192 g/mol. The van der Waals surface area contributed by atoms with Crippen molar-refractivity contribution in [2.24, 2.45) is 11.7 Å². The Labute approximate surface area is 92.2 Å². The Hall–Kier alpha value is -0.200. The maximum atomic E-state index is 8.78. The molecule has 0 radical (unpaired) electrons. The van der Waals surface area contributed by atoms with Crippen LogP contribution in [0.5, 0.6) is 0 Å². The summed E-state index contributed by atoms with van der Waals surface area (Å²) in [5.74, 6) is 1.92. The third-order valence-corrected chi connectivity index (χ3v) is 3.83. The zero-order valence-corrected chi connectivity index (χ0v) is 10.5. The van der Waals surface area contributed by atoms with Crippen molar-refractivity contribution in [2.75, 3.05) is 5.75 Å². The molecule has 0 aliphatic heterocycles. The Morgan fingerprint density at radius 1 is 1.50 bits per heavy atom. The number of thioether (sulfide) groups is 1. The van der Waals surface area contributed by atoms with Crippen molar-refractivity contribution >= 4 is 11.8 Å². The minimum atomic E-state index is -0.665. The van der Waals surface area contributed by atoms with Crippen LogP contribution in [-0.4, -0.2) is 16.5 Å². The molecule has 3 atom stereocenters. The first-order valence-corrected chi connectivity index (χ1v) is 6.28. The predicted octanol–water partition coefficient (Wildman–Crippen LogP) is 2.79. The summed E-state index contributed by atoms with van der Waals surface area (Å²) < 4.78 is 0. The lowest BCUT2D eigenvalue weighted by Crippen LogP contribution is -2.36. The topological polar surface area (TPSA) is 49.8 Å². The molecule has 0 saturated carbocycles. The Kier molecular flexibility index (Phi) is 6.22. The summed E-state index contributed by atoms with van der Waals surface area (Å²) in [5, 5.41) is 9.25. The molecule has 14 heavy (non-hydrogen) atoms. The zero-order chi connectivity index (χ0) is 11.2. The van der Waals surface area contributed by atoms with Crippen LogP contribution in [0, 0.1) is 17.2 Å². The third kappa shape index (κ3) is 6.28. The van der Waals surface area contributed by atoms with Crippen molar-refractivity contribution in [1.29, 1.82) is 5.26 Å². The van der Waals surface area contributed by atoms with Crippen LogP contribution in [0.3, 0.4) is 0 Å². The van der Waals surface area contributed by atoms with E-state index in [1.807, 2.05) is 11.8 Å². The minimum Gasteiger partial charge on any atom is -0.314 e. The summed E-state index contributed by atoms with van der Waals surface area (Å²) in [7, 11) is 0. The highest BCUT2D eigenvalue weighted by molar-refractivity contribution is 7.99. The number of hydrogen-bond donors (Lipinski definition) is 1. The van der Waals surface area contributed by atoms with Crippen molar-refractivity contribution in [3.63, 3.8) is 0 Å². The highest BCUT2D eigenvalue weighted by Gasteiger charge is 2.21. The summed E-state index contributed by atoms with van der Waals surface area (Å²) in [6, 6.07) is 2.14. The van der Waals surface area contributed by atoms with Crippen LogP contribution in [0.4, 0.5) is 0 Å². The van der Waals surface area contributed by atoms with Crippen LogP contribution >= 0.6 is 11.8 Å². The summed E-state index contributed by atoms with van der Waals surface area (Å²) in [4.78, 5) is 0. The molecule has 3 unspecified atom stereocenters. The lowest BCUT2D eigenvalue weighted by atomic mass is 10.00. The molecule has 0 amide bonds. The summed E-state index contributed by atoms with van der Waals surface area (Å²) in [6.45, 7) is 8.41. The van der Waals surface area contributed by atoms with Crippen molar-refractivity contribution in [2.45, 2.75) is 51.3 Å². The van der Waals surface area contributed by atoms with Crippen LogP contribution in [0.25, 0.3) is 0 Å². The van der Waals surface area contributed by atoms with Crippen LogP contribution in [0.1, 0.15) is 40.5 Å². The number of hydrogen-bond acceptors (Lipinski definition) is 3. The van der Waals surface area contributed by atoms with Gasteiger partial charge in [-0.1, -0.05) is 27.2 Å². The molecule has 0 aliphatic carbocycles. The van der Waals surface area contributed by atoms with Gasteiger partial charge in [0, 0.05) is 5.25 Å². The molecule has 0 aromatic heterocycles. The Balaban J connectivity index is 3.77. The minimum absolute atomic E-state index is 0.471. The highest BCUT2D eigenvalue weighted by atomic mass is 32.2. The Bertz CT molecular complexity index is 196. The van der Waals surface area contributed by atoms with Gasteiger partial charge in [0.25, 0.3) is 0 Å². The van der Waals surface area contributed by atoms with E-state index < -0.39 is 5.54 Å². The van der Waals surface area contributed by atoms with Gasteiger partial charge in [0.1, 0.15) is 5.54 Å². The molecule has 2 N–H and O–H groups in total. The van der Waals surface area contributed by atoms with E-state index in [-0.39, 0.29) is 0 Å². The highest BCUT2D eigenvalue weighted by Crippen LogP contribution is 2.22. The van der Waals surface area contributed by atoms with Gasteiger partial charge in [-0.25, -0.2) is 0 Å². The largest absolute Gasteiger partial charge is 0.314 e. The lowest BCUT2D eigenvalue weighted by Gasteiger charge is -2.21. The summed E-state index contributed by atoms with van der Waals surface area (Å²) >= 11 is 1.92. The van der Waals surface area contributed by atoms with Gasteiger partial charge in [0.15, 0.2) is 0 Å². The first-order valence-electron chi connectivity index (χ1n) is 5.23. The maximum absolute atomic E-state index is 8.78. The van der Waals surface area contributed by atoms with E-state index in [1.54, 1.807) is 6.92 Å². The smallest absolute Gasteiger partial charge is 0.102 e. The fourth-order valence-electron chi connectivity index (χ4n) is 1.15. The molecule has 3 heteroatoms. The fourth-order valence-corrected chi connectivity index (χ4v) is 2.50. The average Bonchev–Trinajstić information content (AvgIpc) is 2.13. The van der Waals surface area contributed by atoms with Gasteiger partial charge in [-0.05, 0) is 25.0 Å². The van der Waals surface area contributed by atoms with Crippen molar-refractivity contribution in [1.82, 2.24) is 0 Å². The number of nitriles is 1. The monoisotopic (exact) mass is 214 g/mol. The fraction of sp³-hybridized carbons (Fsp3) is 0.909. The van der Waals surface area contributed by atoms with Gasteiger partial charge in [-0.2, -0.15) is 17.0 Å². The molecule has 0 bridgehead atoms. The lowest BCUT2D eigenvalue weighted by molar-refractivity contribution is 0.543. The van der Waals surface area contributed by atoms with Gasteiger partial charge in [0.2, 0.25) is 0 Å². The number of nitrogens with zero attached hydrogens (tertiary/aromatic N) is 1. The standard InChI is InChI=1S/C11H22N2S/c1-5-9(2)7-14-10(3)6-11(4,13)8-12/h9-10H,5-7,13H2,1-4H3. The van der Waals surface area contributed by atoms with E-state index >= 15 is 0 Å². The molecule has 82 valence electrons. The van der Waals surface area contributed by atoms with Crippen LogP contribution < -0.4 is 5.73 Å². The van der Waals surface area contributed by atoms with Crippen LogP contribution in [-0.2, 0) is 0 Å². The number of rotatable bonds is 6. The summed E-state index contributed by atoms with van der Waals surface area (Å²) in [6.07, 6.45) is 1.99. The maximum Gasteiger partial charge on any atom is 0.102 e. The number of nitrogens with two attached hydrogens (primary N) is 1. The normalized spacial score (nSPS) is 19.4. The molecule has 0 fully saturated rings. The molecule has 0 aromatic rings. The molecule has 0 heterocycles. The molecular formula is C11H22N2S. The molecule has 0 aliphatic rings. The Morgan fingerprint density at radius 3 is 2.50 bits per heavy atom. The van der Waals surface area contributed by atoms with E-state index in [0.29, 0.717) is 5.25 Å². The van der Waals surface area contributed by atoms with Crippen molar-refractivity contribution in [3.8, 4) is 6.07 Å². The summed E-state index contributed by atoms with van der Waals surface area (Å²) in [5.41, 5.74) is 5.12.